The highest BCUT2D eigenvalue weighted by Crippen LogP contribution is 2.34. The average Bonchev–Trinajstić information content (AvgIpc) is 2.68. The van der Waals surface area contributed by atoms with Crippen molar-refractivity contribution >= 4 is 22.3 Å². The second-order valence-corrected chi connectivity index (χ2v) is 7.34. The van der Waals surface area contributed by atoms with Gasteiger partial charge in [0, 0.05) is 25.4 Å². The van der Waals surface area contributed by atoms with Gasteiger partial charge in [0.1, 0.15) is 5.52 Å². The van der Waals surface area contributed by atoms with Gasteiger partial charge in [0.25, 0.3) is 5.69 Å². The topological polar surface area (TPSA) is 68.5 Å². The van der Waals surface area contributed by atoms with Gasteiger partial charge in [-0.1, -0.05) is 19.3 Å². The van der Waals surface area contributed by atoms with E-state index in [-0.39, 0.29) is 10.6 Å². The number of aromatic nitrogens is 1. The Morgan fingerprint density at radius 2 is 1.77 bits per heavy atom. The molecule has 6 heteroatoms. The molecule has 0 unspecified atom stereocenters. The predicted molar refractivity (Wildman–Crippen MR) is 102 cm³/mol. The van der Waals surface area contributed by atoms with Gasteiger partial charge in [-0.05, 0) is 43.9 Å². The summed E-state index contributed by atoms with van der Waals surface area (Å²) in [4.78, 5) is 17.7. The van der Waals surface area contributed by atoms with Crippen LogP contribution in [0.15, 0.2) is 30.5 Å². The molecule has 4 rings (SSSR count). The number of nitro benzene ring substituents is 1. The van der Waals surface area contributed by atoms with Crippen LogP contribution in [0.3, 0.4) is 0 Å². The summed E-state index contributed by atoms with van der Waals surface area (Å²) >= 11 is 0. The molecule has 1 saturated heterocycles. The van der Waals surface area contributed by atoms with E-state index in [9.17, 15) is 10.1 Å². The number of piperidine rings is 1. The number of fused-ring (bicyclic) bond motifs is 1. The van der Waals surface area contributed by atoms with Gasteiger partial charge in [-0.3, -0.25) is 15.1 Å². The Balaban J connectivity index is 1.47. The van der Waals surface area contributed by atoms with E-state index in [0.717, 1.165) is 31.6 Å². The summed E-state index contributed by atoms with van der Waals surface area (Å²) in [6.07, 6.45) is 10.8. The molecule has 2 aromatic rings. The van der Waals surface area contributed by atoms with Crippen LogP contribution in [0.5, 0.6) is 0 Å². The van der Waals surface area contributed by atoms with E-state index in [0.29, 0.717) is 23.1 Å². The molecule has 1 aromatic carbocycles. The van der Waals surface area contributed by atoms with Crippen LogP contribution in [-0.2, 0) is 4.74 Å². The second kappa shape index (κ2) is 7.58. The third-order valence-corrected chi connectivity index (χ3v) is 5.64. The molecule has 138 valence electrons. The molecule has 0 amide bonds. The molecule has 0 atom stereocenters. The van der Waals surface area contributed by atoms with Crippen molar-refractivity contribution in [1.82, 2.24) is 4.98 Å². The van der Waals surface area contributed by atoms with Crippen LogP contribution in [-0.4, -0.2) is 35.2 Å². The van der Waals surface area contributed by atoms with Crippen molar-refractivity contribution in [2.24, 2.45) is 0 Å². The molecule has 1 aliphatic carbocycles. The number of rotatable bonds is 4. The summed E-state index contributed by atoms with van der Waals surface area (Å²) < 4.78 is 6.32. The van der Waals surface area contributed by atoms with E-state index in [1.807, 2.05) is 6.07 Å². The number of anilines is 1. The number of nitrogens with zero attached hydrogens (tertiary/aromatic N) is 3. The van der Waals surface area contributed by atoms with Crippen molar-refractivity contribution < 1.29 is 9.66 Å². The SMILES string of the molecule is O=[N+]([O-])c1ccc(N2CCC(OC3CCCCC3)CC2)c2ncccc12. The van der Waals surface area contributed by atoms with E-state index in [1.165, 1.54) is 32.1 Å². The number of non-ortho nitro benzene ring substituents is 1. The zero-order valence-electron chi connectivity index (χ0n) is 15.0. The summed E-state index contributed by atoms with van der Waals surface area (Å²) in [6.45, 7) is 1.81. The van der Waals surface area contributed by atoms with Crippen LogP contribution in [0.1, 0.15) is 44.9 Å². The van der Waals surface area contributed by atoms with Gasteiger partial charge < -0.3 is 9.64 Å². The average molecular weight is 355 g/mol. The van der Waals surface area contributed by atoms with Gasteiger partial charge in [-0.15, -0.1) is 0 Å². The molecule has 1 aromatic heterocycles. The summed E-state index contributed by atoms with van der Waals surface area (Å²) in [6, 6.07) is 6.98. The van der Waals surface area contributed by atoms with E-state index >= 15 is 0 Å². The van der Waals surface area contributed by atoms with Gasteiger partial charge >= 0.3 is 0 Å². The number of hydrogen-bond donors (Lipinski definition) is 0. The highest BCUT2D eigenvalue weighted by molar-refractivity contribution is 5.97. The maximum atomic E-state index is 11.3. The van der Waals surface area contributed by atoms with Crippen molar-refractivity contribution in [1.29, 1.82) is 0 Å². The zero-order chi connectivity index (χ0) is 17.9. The van der Waals surface area contributed by atoms with Crippen molar-refractivity contribution in [2.75, 3.05) is 18.0 Å². The lowest BCUT2D eigenvalue weighted by molar-refractivity contribution is -0.383. The maximum absolute atomic E-state index is 11.3. The van der Waals surface area contributed by atoms with Gasteiger partial charge in [0.15, 0.2) is 0 Å². The Kier molecular flexibility index (Phi) is 5.02. The van der Waals surface area contributed by atoms with Gasteiger partial charge in [0.2, 0.25) is 0 Å². The van der Waals surface area contributed by atoms with Gasteiger partial charge in [-0.25, -0.2) is 0 Å². The molecule has 26 heavy (non-hydrogen) atoms. The van der Waals surface area contributed by atoms with Gasteiger partial charge in [0.05, 0.1) is 28.2 Å². The first-order valence-corrected chi connectivity index (χ1v) is 9.65. The normalized spacial score (nSPS) is 19.8. The van der Waals surface area contributed by atoms with Crippen molar-refractivity contribution in [2.45, 2.75) is 57.2 Å². The summed E-state index contributed by atoms with van der Waals surface area (Å²) in [5.74, 6) is 0. The first-order valence-electron chi connectivity index (χ1n) is 9.65. The maximum Gasteiger partial charge on any atom is 0.278 e. The monoisotopic (exact) mass is 355 g/mol. The summed E-state index contributed by atoms with van der Waals surface area (Å²) in [5, 5.41) is 11.9. The number of pyridine rings is 1. The molecule has 1 aliphatic heterocycles. The van der Waals surface area contributed by atoms with Crippen molar-refractivity contribution in [3.63, 3.8) is 0 Å². The minimum absolute atomic E-state index is 0.118. The highest BCUT2D eigenvalue weighted by atomic mass is 16.6. The fourth-order valence-electron chi connectivity index (χ4n) is 4.26. The van der Waals surface area contributed by atoms with E-state index in [2.05, 4.69) is 9.88 Å². The smallest absolute Gasteiger partial charge is 0.278 e. The van der Waals surface area contributed by atoms with Crippen molar-refractivity contribution in [3.8, 4) is 0 Å². The summed E-state index contributed by atoms with van der Waals surface area (Å²) in [7, 11) is 0. The molecule has 0 bridgehead atoms. The molecule has 2 fully saturated rings. The Morgan fingerprint density at radius 1 is 1.04 bits per heavy atom. The molecule has 2 aliphatic rings. The number of benzene rings is 1. The zero-order valence-corrected chi connectivity index (χ0v) is 15.0. The lowest BCUT2D eigenvalue weighted by atomic mass is 9.97. The van der Waals surface area contributed by atoms with Crippen molar-refractivity contribution in [3.05, 3.63) is 40.6 Å². The molecule has 1 saturated carbocycles. The standard InChI is InChI=1S/C20H25N3O3/c24-23(25)18-8-9-19(20-17(18)7-4-12-21-20)22-13-10-16(11-14-22)26-15-5-2-1-3-6-15/h4,7-9,12,15-16H,1-3,5-6,10-11,13-14H2. The van der Waals surface area contributed by atoms with Crippen LogP contribution in [0, 0.1) is 10.1 Å². The lowest BCUT2D eigenvalue weighted by Crippen LogP contribution is -2.39. The summed E-state index contributed by atoms with van der Waals surface area (Å²) in [5.41, 5.74) is 1.82. The molecule has 6 nitrogen and oxygen atoms in total. The van der Waals surface area contributed by atoms with Crippen LogP contribution in [0.4, 0.5) is 11.4 Å². The molecular weight excluding hydrogens is 330 g/mol. The molecule has 0 spiro atoms. The lowest BCUT2D eigenvalue weighted by Gasteiger charge is -2.36. The quantitative estimate of drug-likeness (QED) is 0.598. The third-order valence-electron chi connectivity index (χ3n) is 5.64. The van der Waals surface area contributed by atoms with E-state index < -0.39 is 0 Å². The molecule has 2 heterocycles. The largest absolute Gasteiger partial charge is 0.375 e. The van der Waals surface area contributed by atoms with Crippen LogP contribution in [0.25, 0.3) is 10.9 Å². The van der Waals surface area contributed by atoms with Gasteiger partial charge in [-0.2, -0.15) is 0 Å². The van der Waals surface area contributed by atoms with E-state index in [1.54, 1.807) is 24.4 Å². The fraction of sp³-hybridized carbons (Fsp3) is 0.550. The Bertz CT molecular complexity index is 781. The highest BCUT2D eigenvalue weighted by Gasteiger charge is 2.26. The minimum atomic E-state index is -0.335. The number of hydrogen-bond acceptors (Lipinski definition) is 5. The van der Waals surface area contributed by atoms with E-state index in [4.69, 9.17) is 4.74 Å². The molecule has 0 N–H and O–H groups in total. The Labute approximate surface area is 153 Å². The second-order valence-electron chi connectivity index (χ2n) is 7.34. The van der Waals surface area contributed by atoms with Crippen LogP contribution in [0.2, 0.25) is 0 Å². The first kappa shape index (κ1) is 17.2. The Hall–Kier alpha value is -2.21. The molecular formula is C20H25N3O3. The number of nitro groups is 1. The van der Waals surface area contributed by atoms with Crippen LogP contribution >= 0.6 is 0 Å². The fourth-order valence-corrected chi connectivity index (χ4v) is 4.26. The predicted octanol–water partition coefficient (Wildman–Crippen LogP) is 4.46. The van der Waals surface area contributed by atoms with Crippen LogP contribution < -0.4 is 4.90 Å². The first-order chi connectivity index (χ1) is 12.7. The third kappa shape index (κ3) is 3.51. The Morgan fingerprint density at radius 3 is 2.50 bits per heavy atom. The molecule has 0 radical (unpaired) electrons. The minimum Gasteiger partial charge on any atom is -0.375 e. The number of ether oxygens (including phenoxy) is 1.